The van der Waals surface area contributed by atoms with Gasteiger partial charge in [0.1, 0.15) is 23.3 Å². The van der Waals surface area contributed by atoms with E-state index in [0.717, 1.165) is 5.69 Å². The van der Waals surface area contributed by atoms with Crippen molar-refractivity contribution in [1.29, 1.82) is 5.26 Å². The molecular formula is C14H14FN5. The van der Waals surface area contributed by atoms with E-state index in [9.17, 15) is 4.39 Å². The van der Waals surface area contributed by atoms with Gasteiger partial charge in [-0.2, -0.15) is 5.26 Å². The average molecular weight is 271 g/mol. The van der Waals surface area contributed by atoms with Crippen LogP contribution in [0, 0.1) is 11.3 Å². The number of nitrogens with zero attached hydrogens (tertiary/aromatic N) is 4. The number of fused-ring (bicyclic) bond motifs is 1. The van der Waals surface area contributed by atoms with Gasteiger partial charge in [0.25, 0.3) is 0 Å². The van der Waals surface area contributed by atoms with E-state index in [1.165, 1.54) is 0 Å². The van der Waals surface area contributed by atoms with Crippen molar-refractivity contribution in [3.63, 3.8) is 0 Å². The first-order valence-corrected chi connectivity index (χ1v) is 6.47. The van der Waals surface area contributed by atoms with E-state index < -0.39 is 6.17 Å². The summed E-state index contributed by atoms with van der Waals surface area (Å²) in [5.74, 6) is 0. The molecule has 0 aliphatic carbocycles. The van der Waals surface area contributed by atoms with Gasteiger partial charge in [-0.05, 0) is 18.6 Å². The number of nitrogens with two attached hydrogens (primary N) is 1. The van der Waals surface area contributed by atoms with E-state index in [1.54, 1.807) is 24.5 Å². The lowest BCUT2D eigenvalue weighted by molar-refractivity contribution is 0.269. The average Bonchev–Trinajstić information content (AvgIpc) is 2.45. The lowest BCUT2D eigenvalue weighted by Gasteiger charge is -2.34. The summed E-state index contributed by atoms with van der Waals surface area (Å²) in [6.45, 7) is 0.878. The van der Waals surface area contributed by atoms with Crippen LogP contribution < -0.4 is 10.6 Å². The van der Waals surface area contributed by atoms with Gasteiger partial charge in [0, 0.05) is 31.5 Å². The van der Waals surface area contributed by atoms with Gasteiger partial charge in [0.05, 0.1) is 11.3 Å². The predicted octanol–water partition coefficient (Wildman–Crippen LogP) is 1.38. The topological polar surface area (TPSA) is 78.8 Å². The molecule has 20 heavy (non-hydrogen) atoms. The molecule has 0 bridgehead atoms. The molecule has 1 aromatic carbocycles. The summed E-state index contributed by atoms with van der Waals surface area (Å²) in [4.78, 5) is 10.4. The molecule has 2 heterocycles. The molecule has 0 radical (unpaired) electrons. The van der Waals surface area contributed by atoms with Gasteiger partial charge in [0.2, 0.25) is 0 Å². The summed E-state index contributed by atoms with van der Waals surface area (Å²) in [7, 11) is 0. The Morgan fingerprint density at radius 2 is 2.00 bits per heavy atom. The molecule has 2 N–H and O–H groups in total. The Balaban J connectivity index is 2.11. The third-order valence-corrected chi connectivity index (χ3v) is 3.50. The minimum absolute atomic E-state index is 0.193. The van der Waals surface area contributed by atoms with Gasteiger partial charge in [0.15, 0.2) is 0 Å². The highest BCUT2D eigenvalue weighted by Crippen LogP contribution is 2.28. The van der Waals surface area contributed by atoms with Crippen molar-refractivity contribution in [2.45, 2.75) is 18.6 Å². The predicted molar refractivity (Wildman–Crippen MR) is 74.0 cm³/mol. The summed E-state index contributed by atoms with van der Waals surface area (Å²) in [6.07, 6.45) is 2.56. The van der Waals surface area contributed by atoms with Crippen LogP contribution in [0.3, 0.4) is 0 Å². The number of piperidine rings is 1. The molecule has 2 atom stereocenters. The van der Waals surface area contributed by atoms with Gasteiger partial charge in [-0.15, -0.1) is 0 Å². The molecule has 2 aromatic rings. The number of rotatable bonds is 1. The summed E-state index contributed by atoms with van der Waals surface area (Å²) < 4.78 is 13.7. The van der Waals surface area contributed by atoms with Crippen LogP contribution in [0.2, 0.25) is 0 Å². The zero-order chi connectivity index (χ0) is 14.1. The highest BCUT2D eigenvalue weighted by Gasteiger charge is 2.26. The van der Waals surface area contributed by atoms with Gasteiger partial charge in [-0.25, -0.2) is 4.39 Å². The molecule has 5 nitrogen and oxygen atoms in total. The van der Waals surface area contributed by atoms with Crippen LogP contribution in [0.1, 0.15) is 12.0 Å². The van der Waals surface area contributed by atoms with Crippen LogP contribution >= 0.6 is 0 Å². The fourth-order valence-corrected chi connectivity index (χ4v) is 2.66. The zero-order valence-corrected chi connectivity index (χ0v) is 10.8. The highest BCUT2D eigenvalue weighted by molar-refractivity contribution is 5.92. The minimum Gasteiger partial charge on any atom is -0.365 e. The van der Waals surface area contributed by atoms with Crippen molar-refractivity contribution in [3.8, 4) is 6.07 Å². The largest absolute Gasteiger partial charge is 0.365 e. The number of hydrogen-bond acceptors (Lipinski definition) is 5. The molecule has 102 valence electrons. The fourth-order valence-electron chi connectivity index (χ4n) is 2.66. The summed E-state index contributed by atoms with van der Waals surface area (Å²) >= 11 is 0. The van der Waals surface area contributed by atoms with Gasteiger partial charge < -0.3 is 10.6 Å². The normalized spacial score (nSPS) is 22.8. The number of anilines is 1. The lowest BCUT2D eigenvalue weighted by atomic mass is 10.0. The minimum atomic E-state index is -0.943. The molecule has 1 saturated heterocycles. The maximum atomic E-state index is 13.7. The molecule has 1 aliphatic rings. The van der Waals surface area contributed by atoms with Crippen LogP contribution in [0.4, 0.5) is 10.1 Å². The highest BCUT2D eigenvalue weighted by atomic mass is 19.1. The second-order valence-electron chi connectivity index (χ2n) is 5.00. The van der Waals surface area contributed by atoms with Gasteiger partial charge in [-0.1, -0.05) is 0 Å². The van der Waals surface area contributed by atoms with E-state index in [0.29, 0.717) is 36.1 Å². The smallest absolute Gasteiger partial charge is 0.119 e. The van der Waals surface area contributed by atoms with Gasteiger partial charge in [-0.3, -0.25) is 9.97 Å². The lowest BCUT2D eigenvalue weighted by Crippen LogP contribution is -2.48. The number of nitriles is 1. The molecule has 0 amide bonds. The second kappa shape index (κ2) is 5.02. The first kappa shape index (κ1) is 12.8. The number of alkyl halides is 1. The van der Waals surface area contributed by atoms with E-state index in [-0.39, 0.29) is 6.04 Å². The Kier molecular flexibility index (Phi) is 3.20. The summed E-state index contributed by atoms with van der Waals surface area (Å²) in [5.41, 5.74) is 8.29. The first-order chi connectivity index (χ1) is 9.69. The zero-order valence-electron chi connectivity index (χ0n) is 10.8. The Morgan fingerprint density at radius 1 is 1.25 bits per heavy atom. The molecule has 0 unspecified atom stereocenters. The Bertz CT molecular complexity index is 671. The molecular weight excluding hydrogens is 257 g/mol. The maximum Gasteiger partial charge on any atom is 0.119 e. The first-order valence-electron chi connectivity index (χ1n) is 6.47. The SMILES string of the molecule is N#Cc1ccc(N2C[C@H](N)C[C@H](F)C2)c2nccnc12. The Hall–Kier alpha value is -2.26. The Morgan fingerprint density at radius 3 is 2.70 bits per heavy atom. The Labute approximate surface area is 115 Å². The third kappa shape index (κ3) is 2.17. The third-order valence-electron chi connectivity index (χ3n) is 3.50. The van der Waals surface area contributed by atoms with E-state index in [4.69, 9.17) is 11.0 Å². The van der Waals surface area contributed by atoms with Crippen molar-refractivity contribution in [2.75, 3.05) is 18.0 Å². The number of hydrogen-bond donors (Lipinski definition) is 1. The maximum absolute atomic E-state index is 13.7. The molecule has 0 spiro atoms. The van der Waals surface area contributed by atoms with Crippen molar-refractivity contribution >= 4 is 16.7 Å². The molecule has 1 aromatic heterocycles. The number of benzene rings is 1. The standard InChI is InChI=1S/C14H14FN5/c15-10-5-11(17)8-20(7-10)12-2-1-9(6-16)13-14(12)19-4-3-18-13/h1-4,10-11H,5,7-8,17H2/t10-,11+/m0/s1. The number of aromatic nitrogens is 2. The van der Waals surface area contributed by atoms with Crippen molar-refractivity contribution < 1.29 is 4.39 Å². The number of halogens is 1. The molecule has 1 aliphatic heterocycles. The molecule has 3 rings (SSSR count). The van der Waals surface area contributed by atoms with Crippen LogP contribution in [0.15, 0.2) is 24.5 Å². The summed E-state index contributed by atoms with van der Waals surface area (Å²) in [5, 5.41) is 9.11. The van der Waals surface area contributed by atoms with Gasteiger partial charge >= 0.3 is 0 Å². The van der Waals surface area contributed by atoms with Crippen LogP contribution in [-0.2, 0) is 0 Å². The van der Waals surface area contributed by atoms with Crippen LogP contribution in [0.25, 0.3) is 11.0 Å². The van der Waals surface area contributed by atoms with E-state index in [2.05, 4.69) is 16.0 Å². The second-order valence-corrected chi connectivity index (χ2v) is 5.00. The fraction of sp³-hybridized carbons (Fsp3) is 0.357. The van der Waals surface area contributed by atoms with Crippen LogP contribution in [0.5, 0.6) is 0 Å². The molecule has 6 heteroatoms. The van der Waals surface area contributed by atoms with Crippen molar-refractivity contribution in [2.24, 2.45) is 5.73 Å². The monoisotopic (exact) mass is 271 g/mol. The van der Waals surface area contributed by atoms with Crippen LogP contribution in [-0.4, -0.2) is 35.3 Å². The van der Waals surface area contributed by atoms with Crippen molar-refractivity contribution in [3.05, 3.63) is 30.1 Å². The quantitative estimate of drug-likeness (QED) is 0.847. The van der Waals surface area contributed by atoms with E-state index in [1.807, 2.05) is 4.90 Å². The molecule has 0 saturated carbocycles. The molecule has 1 fully saturated rings. The summed E-state index contributed by atoms with van der Waals surface area (Å²) in [6, 6.07) is 5.39. The van der Waals surface area contributed by atoms with E-state index >= 15 is 0 Å². The van der Waals surface area contributed by atoms with Crippen molar-refractivity contribution in [1.82, 2.24) is 9.97 Å².